The first-order valence-corrected chi connectivity index (χ1v) is 6.50. The maximum absolute atomic E-state index is 12.0. The number of carbonyl (C=O) groups excluding carboxylic acids is 1. The van der Waals surface area contributed by atoms with Gasteiger partial charge in [0.2, 0.25) is 0 Å². The van der Waals surface area contributed by atoms with E-state index in [-0.39, 0.29) is 21.8 Å². The maximum atomic E-state index is 12.0. The second-order valence-corrected chi connectivity index (χ2v) is 5.06. The molecule has 0 atom stereocenters. The summed E-state index contributed by atoms with van der Waals surface area (Å²) in [5.74, 6) is -0.389. The molecule has 6 heteroatoms. The van der Waals surface area contributed by atoms with Gasteiger partial charge in [0.25, 0.3) is 5.91 Å². The number of anilines is 1. The van der Waals surface area contributed by atoms with E-state index in [9.17, 15) is 4.79 Å². The summed E-state index contributed by atoms with van der Waals surface area (Å²) >= 11 is 17.6. The van der Waals surface area contributed by atoms with Crippen LogP contribution in [0.4, 0.5) is 5.69 Å². The van der Waals surface area contributed by atoms with Crippen LogP contribution in [-0.2, 0) is 0 Å². The number of benzene rings is 1. The zero-order chi connectivity index (χ0) is 14.0. The highest BCUT2D eigenvalue weighted by Crippen LogP contribution is 2.24. The van der Waals surface area contributed by atoms with Gasteiger partial charge in [-0.05, 0) is 36.8 Å². The zero-order valence-electron chi connectivity index (χ0n) is 9.88. The van der Waals surface area contributed by atoms with Crippen molar-refractivity contribution in [1.82, 2.24) is 4.98 Å². The Morgan fingerprint density at radius 2 is 1.89 bits per heavy atom. The van der Waals surface area contributed by atoms with E-state index < -0.39 is 0 Å². The number of pyridine rings is 1. The van der Waals surface area contributed by atoms with E-state index in [0.717, 1.165) is 5.56 Å². The predicted molar refractivity (Wildman–Crippen MR) is 78.4 cm³/mol. The SMILES string of the molecule is Cc1ccc(NC(=O)c2ccc(Cl)nc2Cl)c(Cl)c1. The number of aryl methyl sites for hydroxylation is 1. The molecule has 19 heavy (non-hydrogen) atoms. The smallest absolute Gasteiger partial charge is 0.258 e. The molecule has 1 amide bonds. The van der Waals surface area contributed by atoms with Gasteiger partial charge < -0.3 is 5.32 Å². The number of amides is 1. The molecule has 2 aromatic rings. The minimum absolute atomic E-state index is 0.0493. The molecule has 0 aliphatic carbocycles. The Morgan fingerprint density at radius 1 is 1.16 bits per heavy atom. The fraction of sp³-hybridized carbons (Fsp3) is 0.0769. The molecule has 0 radical (unpaired) electrons. The van der Waals surface area contributed by atoms with Crippen LogP contribution in [0, 0.1) is 6.92 Å². The van der Waals surface area contributed by atoms with E-state index in [4.69, 9.17) is 34.8 Å². The molecular formula is C13H9Cl3N2O. The summed E-state index contributed by atoms with van der Waals surface area (Å²) in [6, 6.07) is 8.35. The lowest BCUT2D eigenvalue weighted by Crippen LogP contribution is -2.13. The Hall–Kier alpha value is -1.29. The molecule has 1 aromatic carbocycles. The lowest BCUT2D eigenvalue weighted by Gasteiger charge is -2.08. The zero-order valence-corrected chi connectivity index (χ0v) is 12.1. The van der Waals surface area contributed by atoms with Gasteiger partial charge >= 0.3 is 0 Å². The number of hydrogen-bond acceptors (Lipinski definition) is 2. The van der Waals surface area contributed by atoms with Crippen molar-refractivity contribution in [3.05, 3.63) is 56.8 Å². The van der Waals surface area contributed by atoms with Crippen molar-refractivity contribution in [2.24, 2.45) is 0 Å². The molecule has 0 bridgehead atoms. The first-order valence-electron chi connectivity index (χ1n) is 5.37. The van der Waals surface area contributed by atoms with Crippen molar-refractivity contribution in [3.8, 4) is 0 Å². The van der Waals surface area contributed by atoms with E-state index in [2.05, 4.69) is 10.3 Å². The highest BCUT2D eigenvalue weighted by Gasteiger charge is 2.13. The van der Waals surface area contributed by atoms with Crippen molar-refractivity contribution in [3.63, 3.8) is 0 Å². The Morgan fingerprint density at radius 3 is 2.53 bits per heavy atom. The molecule has 98 valence electrons. The third-order valence-corrected chi connectivity index (χ3v) is 3.24. The van der Waals surface area contributed by atoms with Crippen LogP contribution in [0.25, 0.3) is 0 Å². The van der Waals surface area contributed by atoms with Gasteiger partial charge in [0, 0.05) is 0 Å². The predicted octanol–water partition coefficient (Wildman–Crippen LogP) is 4.60. The molecule has 0 aliphatic heterocycles. The maximum Gasteiger partial charge on any atom is 0.258 e. The molecule has 0 saturated heterocycles. The van der Waals surface area contributed by atoms with Gasteiger partial charge in [-0.2, -0.15) is 0 Å². The van der Waals surface area contributed by atoms with Crippen LogP contribution in [0.5, 0.6) is 0 Å². The number of rotatable bonds is 2. The van der Waals surface area contributed by atoms with Crippen molar-refractivity contribution < 1.29 is 4.79 Å². The van der Waals surface area contributed by atoms with Gasteiger partial charge in [-0.15, -0.1) is 0 Å². The summed E-state index contributed by atoms with van der Waals surface area (Å²) in [5.41, 5.74) is 1.76. The molecule has 1 heterocycles. The van der Waals surface area contributed by atoms with Crippen molar-refractivity contribution >= 4 is 46.4 Å². The molecule has 2 rings (SSSR count). The summed E-state index contributed by atoms with van der Waals surface area (Å²) in [6.45, 7) is 1.91. The second kappa shape index (κ2) is 5.78. The molecule has 0 aliphatic rings. The van der Waals surface area contributed by atoms with Crippen LogP contribution in [0.1, 0.15) is 15.9 Å². The quantitative estimate of drug-likeness (QED) is 0.823. The van der Waals surface area contributed by atoms with Crippen molar-refractivity contribution in [2.75, 3.05) is 5.32 Å². The average molecular weight is 316 g/mol. The Kier molecular flexibility index (Phi) is 4.30. The van der Waals surface area contributed by atoms with Crippen LogP contribution in [0.2, 0.25) is 15.3 Å². The average Bonchev–Trinajstić information content (AvgIpc) is 2.32. The Balaban J connectivity index is 2.25. The van der Waals surface area contributed by atoms with Gasteiger partial charge in [0.15, 0.2) is 0 Å². The number of hydrogen-bond donors (Lipinski definition) is 1. The monoisotopic (exact) mass is 314 g/mol. The molecule has 0 spiro atoms. The highest BCUT2D eigenvalue weighted by atomic mass is 35.5. The lowest BCUT2D eigenvalue weighted by atomic mass is 10.2. The van der Waals surface area contributed by atoms with Crippen LogP contribution in [-0.4, -0.2) is 10.9 Å². The van der Waals surface area contributed by atoms with E-state index >= 15 is 0 Å². The standard InChI is InChI=1S/C13H9Cl3N2O/c1-7-2-4-10(9(14)6-7)17-13(19)8-3-5-11(15)18-12(8)16/h2-6H,1H3,(H,17,19). The Bertz CT molecular complexity index is 644. The van der Waals surface area contributed by atoms with Gasteiger partial charge in [-0.1, -0.05) is 40.9 Å². The topological polar surface area (TPSA) is 42.0 Å². The van der Waals surface area contributed by atoms with Crippen molar-refractivity contribution in [2.45, 2.75) is 6.92 Å². The molecule has 0 fully saturated rings. The summed E-state index contributed by atoms with van der Waals surface area (Å²) < 4.78 is 0. The normalized spacial score (nSPS) is 10.3. The number of halogens is 3. The van der Waals surface area contributed by atoms with Gasteiger partial charge in [0.05, 0.1) is 16.3 Å². The summed E-state index contributed by atoms with van der Waals surface area (Å²) in [6.07, 6.45) is 0. The largest absolute Gasteiger partial charge is 0.321 e. The van der Waals surface area contributed by atoms with E-state index in [0.29, 0.717) is 10.7 Å². The molecule has 0 unspecified atom stereocenters. The third-order valence-electron chi connectivity index (χ3n) is 2.43. The Labute approximate surface area is 125 Å². The van der Waals surface area contributed by atoms with E-state index in [1.807, 2.05) is 13.0 Å². The molecular weight excluding hydrogens is 307 g/mol. The minimum Gasteiger partial charge on any atom is -0.321 e. The number of carbonyl (C=O) groups is 1. The molecule has 1 N–H and O–H groups in total. The summed E-state index contributed by atoms with van der Waals surface area (Å²) in [7, 11) is 0. The minimum atomic E-state index is -0.389. The number of nitrogens with zero attached hydrogens (tertiary/aromatic N) is 1. The second-order valence-electron chi connectivity index (χ2n) is 3.91. The van der Waals surface area contributed by atoms with Gasteiger partial charge in [0.1, 0.15) is 10.3 Å². The van der Waals surface area contributed by atoms with Crippen LogP contribution < -0.4 is 5.32 Å². The number of aromatic nitrogens is 1. The molecule has 3 nitrogen and oxygen atoms in total. The van der Waals surface area contributed by atoms with Crippen molar-refractivity contribution in [1.29, 1.82) is 0 Å². The first-order chi connectivity index (χ1) is 8.97. The number of nitrogens with one attached hydrogen (secondary N) is 1. The van der Waals surface area contributed by atoms with Crippen LogP contribution in [0.15, 0.2) is 30.3 Å². The van der Waals surface area contributed by atoms with Crippen LogP contribution >= 0.6 is 34.8 Å². The highest BCUT2D eigenvalue weighted by molar-refractivity contribution is 6.36. The van der Waals surface area contributed by atoms with Crippen LogP contribution in [0.3, 0.4) is 0 Å². The van der Waals surface area contributed by atoms with Gasteiger partial charge in [-0.25, -0.2) is 4.98 Å². The summed E-state index contributed by atoms with van der Waals surface area (Å²) in [4.78, 5) is 15.9. The first kappa shape index (κ1) is 14.1. The lowest BCUT2D eigenvalue weighted by molar-refractivity contribution is 0.102. The van der Waals surface area contributed by atoms with E-state index in [1.165, 1.54) is 12.1 Å². The van der Waals surface area contributed by atoms with E-state index in [1.54, 1.807) is 12.1 Å². The fourth-order valence-corrected chi connectivity index (χ4v) is 2.21. The summed E-state index contributed by atoms with van der Waals surface area (Å²) in [5, 5.41) is 3.42. The van der Waals surface area contributed by atoms with Gasteiger partial charge in [-0.3, -0.25) is 4.79 Å². The molecule has 1 aromatic heterocycles. The third kappa shape index (κ3) is 3.38. The molecule has 0 saturated carbocycles. The fourth-order valence-electron chi connectivity index (χ4n) is 1.49.